The number of rotatable bonds is 3. The lowest BCUT2D eigenvalue weighted by molar-refractivity contribution is -0.146. The van der Waals surface area contributed by atoms with E-state index in [1.165, 1.54) is 19.2 Å². The first-order chi connectivity index (χ1) is 11.6. The summed E-state index contributed by atoms with van der Waals surface area (Å²) in [6.07, 6.45) is 1.33. The lowest BCUT2D eigenvalue weighted by atomic mass is 9.66. The van der Waals surface area contributed by atoms with Gasteiger partial charge in [0.05, 0.1) is 12.5 Å². The molecular weight excluding hydrogens is 320 g/mol. The summed E-state index contributed by atoms with van der Waals surface area (Å²) >= 11 is 0. The number of Topliss-reactive ketones (excluding diaryl/α,β-unsaturated/α-hetero) is 1. The van der Waals surface area contributed by atoms with E-state index in [9.17, 15) is 19.8 Å². The molecule has 3 aliphatic carbocycles. The van der Waals surface area contributed by atoms with E-state index in [0.717, 1.165) is 6.42 Å². The first-order valence-electron chi connectivity index (χ1n) is 8.81. The van der Waals surface area contributed by atoms with Crippen LogP contribution >= 0.6 is 0 Å². The molecule has 1 aromatic rings. The molecule has 4 rings (SSSR count). The largest absolute Gasteiger partial charge is 0.508 e. The van der Waals surface area contributed by atoms with Crippen LogP contribution in [-0.2, 0) is 19.7 Å². The third kappa shape index (κ3) is 1.89. The van der Waals surface area contributed by atoms with E-state index < -0.39 is 11.4 Å². The fourth-order valence-electron chi connectivity index (χ4n) is 5.60. The second-order valence-electron chi connectivity index (χ2n) is 8.61. The SMILES string of the molecule is COC(=O)C(C)(C)c1cc(O)c([C@@H]2CC(=O)[C@@H]3C[C@@H]4C2C43C)c(O)c1. The maximum Gasteiger partial charge on any atom is 0.315 e. The molecule has 2 unspecified atom stereocenters. The predicted octanol–water partition coefficient (Wildman–Crippen LogP) is 2.88. The average Bonchev–Trinajstić information content (AvgIpc) is 3.08. The van der Waals surface area contributed by atoms with Crippen molar-refractivity contribution in [1.29, 1.82) is 0 Å². The third-order valence-corrected chi connectivity index (χ3v) is 7.25. The van der Waals surface area contributed by atoms with Crippen LogP contribution in [-0.4, -0.2) is 29.1 Å². The number of hydrogen-bond acceptors (Lipinski definition) is 5. The second-order valence-corrected chi connectivity index (χ2v) is 8.61. The molecule has 5 heteroatoms. The highest BCUT2D eigenvalue weighted by Gasteiger charge is 2.78. The predicted molar refractivity (Wildman–Crippen MR) is 90.4 cm³/mol. The van der Waals surface area contributed by atoms with E-state index >= 15 is 0 Å². The molecule has 2 N–H and O–H groups in total. The first-order valence-corrected chi connectivity index (χ1v) is 8.81. The maximum absolute atomic E-state index is 12.4. The summed E-state index contributed by atoms with van der Waals surface area (Å²) in [5, 5.41) is 21.3. The Balaban J connectivity index is 1.73. The van der Waals surface area contributed by atoms with Gasteiger partial charge in [0.15, 0.2) is 0 Å². The number of esters is 1. The van der Waals surface area contributed by atoms with Crippen LogP contribution in [0.15, 0.2) is 12.1 Å². The van der Waals surface area contributed by atoms with Crippen LogP contribution in [0.1, 0.15) is 50.7 Å². The number of phenols is 2. The Labute approximate surface area is 147 Å². The Morgan fingerprint density at radius 3 is 2.44 bits per heavy atom. The smallest absolute Gasteiger partial charge is 0.315 e. The van der Waals surface area contributed by atoms with Crippen molar-refractivity contribution in [3.8, 4) is 11.5 Å². The molecule has 1 aromatic carbocycles. The Bertz CT molecular complexity index is 772. The molecule has 0 saturated heterocycles. The number of ketones is 1. The lowest BCUT2D eigenvalue weighted by Crippen LogP contribution is -2.36. The topological polar surface area (TPSA) is 83.8 Å². The van der Waals surface area contributed by atoms with Gasteiger partial charge in [0.25, 0.3) is 0 Å². The summed E-state index contributed by atoms with van der Waals surface area (Å²) in [7, 11) is 1.31. The van der Waals surface area contributed by atoms with Gasteiger partial charge in [-0.15, -0.1) is 0 Å². The van der Waals surface area contributed by atoms with Gasteiger partial charge in [-0.3, -0.25) is 9.59 Å². The van der Waals surface area contributed by atoms with Gasteiger partial charge < -0.3 is 14.9 Å². The summed E-state index contributed by atoms with van der Waals surface area (Å²) in [6.45, 7) is 5.52. The molecule has 0 aliphatic heterocycles. The first kappa shape index (κ1) is 16.4. The van der Waals surface area contributed by atoms with Crippen molar-refractivity contribution in [2.75, 3.05) is 7.11 Å². The molecule has 0 amide bonds. The van der Waals surface area contributed by atoms with Crippen molar-refractivity contribution in [3.63, 3.8) is 0 Å². The minimum Gasteiger partial charge on any atom is -0.508 e. The van der Waals surface area contributed by atoms with Crippen LogP contribution in [0.5, 0.6) is 11.5 Å². The Kier molecular flexibility index (Phi) is 3.14. The molecule has 5 nitrogen and oxygen atoms in total. The average molecular weight is 344 g/mol. The standard InChI is InChI=1S/C20H24O5/c1-19(2,18(24)25-4)9-5-14(22)16(15(23)6-9)10-7-13(21)11-8-12-17(10)20(11,12)3/h5-6,10-12,17,22-23H,7-8H2,1-4H3/t10-,11-,12+,17?,20?/m0/s1. The van der Waals surface area contributed by atoms with Gasteiger partial charge in [-0.1, -0.05) is 6.92 Å². The molecule has 0 heterocycles. The summed E-state index contributed by atoms with van der Waals surface area (Å²) in [4.78, 5) is 24.4. The van der Waals surface area contributed by atoms with E-state index in [1.54, 1.807) is 13.8 Å². The van der Waals surface area contributed by atoms with Gasteiger partial charge >= 0.3 is 5.97 Å². The number of hydrogen-bond donors (Lipinski definition) is 2. The fourth-order valence-corrected chi connectivity index (χ4v) is 5.60. The van der Waals surface area contributed by atoms with Crippen LogP contribution in [0.25, 0.3) is 0 Å². The van der Waals surface area contributed by atoms with Crippen molar-refractivity contribution < 1.29 is 24.5 Å². The van der Waals surface area contributed by atoms with Gasteiger partial charge in [-0.05, 0) is 55.2 Å². The number of aromatic hydroxyl groups is 2. The lowest BCUT2D eigenvalue weighted by Gasteiger charge is -2.36. The highest BCUT2D eigenvalue weighted by atomic mass is 16.5. The summed E-state index contributed by atoms with van der Waals surface area (Å²) < 4.78 is 4.82. The van der Waals surface area contributed by atoms with Gasteiger partial charge in [0.2, 0.25) is 0 Å². The Hall–Kier alpha value is -2.04. The maximum atomic E-state index is 12.4. The van der Waals surface area contributed by atoms with Crippen molar-refractivity contribution in [2.24, 2.45) is 23.2 Å². The number of fused-ring (bicyclic) bond motifs is 1. The molecule has 3 fully saturated rings. The number of carbonyl (C=O) groups excluding carboxylic acids is 2. The number of ether oxygens (including phenoxy) is 1. The molecule has 0 radical (unpaired) electrons. The molecular formula is C20H24O5. The molecule has 0 bridgehead atoms. The monoisotopic (exact) mass is 344 g/mol. The van der Waals surface area contributed by atoms with E-state index in [-0.39, 0.29) is 34.5 Å². The van der Waals surface area contributed by atoms with E-state index in [2.05, 4.69) is 6.92 Å². The molecule has 134 valence electrons. The highest BCUT2D eigenvalue weighted by molar-refractivity contribution is 5.87. The minimum absolute atomic E-state index is 0.0434. The molecule has 3 aliphatic rings. The highest BCUT2D eigenvalue weighted by Crippen LogP contribution is 2.82. The third-order valence-electron chi connectivity index (χ3n) is 7.25. The van der Waals surface area contributed by atoms with Crippen molar-refractivity contribution in [3.05, 3.63) is 23.3 Å². The summed E-state index contributed by atoms with van der Waals surface area (Å²) in [5.41, 5.74) is 0.0169. The van der Waals surface area contributed by atoms with Crippen molar-refractivity contribution >= 4 is 11.8 Å². The Morgan fingerprint density at radius 1 is 1.28 bits per heavy atom. The zero-order chi connectivity index (χ0) is 18.3. The number of phenolic OH excluding ortho intramolecular Hbond substituents is 2. The van der Waals surface area contributed by atoms with Gasteiger partial charge in [-0.25, -0.2) is 0 Å². The summed E-state index contributed by atoms with van der Waals surface area (Å²) in [6, 6.07) is 3.05. The quantitative estimate of drug-likeness (QED) is 0.824. The van der Waals surface area contributed by atoms with Crippen LogP contribution < -0.4 is 0 Å². The number of methoxy groups -OCH3 is 1. The molecule has 0 aromatic heterocycles. The van der Waals surface area contributed by atoms with Crippen LogP contribution in [0.3, 0.4) is 0 Å². The second kappa shape index (κ2) is 4.77. The molecule has 3 saturated carbocycles. The van der Waals surface area contributed by atoms with Gasteiger partial charge in [0.1, 0.15) is 17.3 Å². The van der Waals surface area contributed by atoms with Gasteiger partial charge in [-0.2, -0.15) is 0 Å². The zero-order valence-electron chi connectivity index (χ0n) is 15.0. The van der Waals surface area contributed by atoms with Gasteiger partial charge in [0, 0.05) is 23.8 Å². The fraction of sp³-hybridized carbons (Fsp3) is 0.600. The molecule has 25 heavy (non-hydrogen) atoms. The van der Waals surface area contributed by atoms with E-state index in [4.69, 9.17) is 4.74 Å². The number of carbonyl (C=O) groups is 2. The van der Waals surface area contributed by atoms with Crippen LogP contribution in [0.2, 0.25) is 0 Å². The minimum atomic E-state index is -0.986. The van der Waals surface area contributed by atoms with Crippen molar-refractivity contribution in [1.82, 2.24) is 0 Å². The van der Waals surface area contributed by atoms with E-state index in [0.29, 0.717) is 29.4 Å². The normalized spacial score (nSPS) is 35.6. The summed E-state index contributed by atoms with van der Waals surface area (Å²) in [5.74, 6) is 0.622. The molecule has 5 atom stereocenters. The number of benzene rings is 1. The molecule has 0 spiro atoms. The van der Waals surface area contributed by atoms with Crippen molar-refractivity contribution in [2.45, 2.75) is 44.9 Å². The van der Waals surface area contributed by atoms with Crippen LogP contribution in [0, 0.1) is 23.2 Å². The zero-order valence-corrected chi connectivity index (χ0v) is 15.0. The van der Waals surface area contributed by atoms with Crippen LogP contribution in [0.4, 0.5) is 0 Å². The Morgan fingerprint density at radius 2 is 1.88 bits per heavy atom. The van der Waals surface area contributed by atoms with E-state index in [1.807, 2.05) is 0 Å².